The van der Waals surface area contributed by atoms with Crippen LogP contribution in [0, 0.1) is 0 Å². The molecule has 0 radical (unpaired) electrons. The van der Waals surface area contributed by atoms with E-state index in [0.717, 1.165) is 33.2 Å². The molecule has 0 aliphatic rings. The van der Waals surface area contributed by atoms with Crippen molar-refractivity contribution in [1.82, 2.24) is 15.0 Å². The highest BCUT2D eigenvalue weighted by Gasteiger charge is 2.17. The molecule has 5 rings (SSSR count). The van der Waals surface area contributed by atoms with E-state index in [2.05, 4.69) is 51.4 Å². The van der Waals surface area contributed by atoms with Crippen molar-refractivity contribution in [2.75, 3.05) is 19.6 Å². The highest BCUT2D eigenvalue weighted by Crippen LogP contribution is 2.32. The van der Waals surface area contributed by atoms with E-state index in [1.165, 1.54) is 0 Å². The smallest absolute Gasteiger partial charge is 0.241 e. The zero-order valence-corrected chi connectivity index (χ0v) is 21.7. The molecule has 190 valence electrons. The van der Waals surface area contributed by atoms with Gasteiger partial charge in [0.25, 0.3) is 0 Å². The lowest BCUT2D eigenvalue weighted by molar-refractivity contribution is 0.579. The van der Waals surface area contributed by atoms with E-state index in [1.807, 2.05) is 60.7 Å². The van der Waals surface area contributed by atoms with E-state index < -0.39 is 10.0 Å². The Labute approximate surface area is 223 Å². The second-order valence-corrected chi connectivity index (χ2v) is 10.6. The zero-order valence-electron chi connectivity index (χ0n) is 20.9. The average molecular weight is 520 g/mol. The third-order valence-corrected chi connectivity index (χ3v) is 7.89. The number of benzene rings is 4. The van der Waals surface area contributed by atoms with Gasteiger partial charge < -0.3 is 5.32 Å². The number of pyridine rings is 1. The summed E-state index contributed by atoms with van der Waals surface area (Å²) in [4.78, 5) is 4.35. The van der Waals surface area contributed by atoms with E-state index in [-0.39, 0.29) is 11.4 Å². The molecule has 0 aliphatic carbocycles. The third-order valence-electron chi connectivity index (χ3n) is 6.37. The maximum absolute atomic E-state index is 13.1. The normalized spacial score (nSPS) is 11.4. The molecular weight excluding hydrogens is 490 g/mol. The summed E-state index contributed by atoms with van der Waals surface area (Å²) in [5, 5.41) is 4.92. The van der Waals surface area contributed by atoms with Gasteiger partial charge in [-0.25, -0.2) is 13.1 Å². The predicted octanol–water partition coefficient (Wildman–Crippen LogP) is 5.76. The van der Waals surface area contributed by atoms with Crippen LogP contribution in [-0.2, 0) is 10.0 Å². The van der Waals surface area contributed by atoms with E-state index in [9.17, 15) is 8.42 Å². The quantitative estimate of drug-likeness (QED) is 0.182. The molecule has 2 N–H and O–H groups in total. The van der Waals surface area contributed by atoms with Gasteiger partial charge in [-0.3, -0.25) is 4.98 Å². The summed E-state index contributed by atoms with van der Waals surface area (Å²) in [6, 6.07) is 38.0. The van der Waals surface area contributed by atoms with Crippen molar-refractivity contribution >= 4 is 31.9 Å². The summed E-state index contributed by atoms with van der Waals surface area (Å²) < 4.78 is 28.9. The van der Waals surface area contributed by atoms with Crippen molar-refractivity contribution < 1.29 is 8.42 Å². The second kappa shape index (κ2) is 12.0. The second-order valence-electron chi connectivity index (χ2n) is 8.88. The van der Waals surface area contributed by atoms with Crippen LogP contribution in [0.25, 0.3) is 21.9 Å². The molecule has 0 spiro atoms. The van der Waals surface area contributed by atoms with Gasteiger partial charge in [0.1, 0.15) is 0 Å². The summed E-state index contributed by atoms with van der Waals surface area (Å²) in [6.07, 6.45) is 3.28. The lowest BCUT2D eigenvalue weighted by Gasteiger charge is -2.18. The molecule has 0 saturated heterocycles. The third kappa shape index (κ3) is 5.89. The molecule has 6 heteroatoms. The van der Waals surface area contributed by atoms with Gasteiger partial charge in [-0.1, -0.05) is 103 Å². The van der Waals surface area contributed by atoms with Gasteiger partial charge in [0, 0.05) is 42.8 Å². The monoisotopic (exact) mass is 519 g/mol. The minimum Gasteiger partial charge on any atom is -0.311 e. The van der Waals surface area contributed by atoms with Gasteiger partial charge in [0.05, 0.1) is 4.90 Å². The molecule has 0 aliphatic heterocycles. The molecule has 0 atom stereocenters. The van der Waals surface area contributed by atoms with Crippen molar-refractivity contribution in [2.45, 2.75) is 4.90 Å². The zero-order chi connectivity index (χ0) is 26.2. The van der Waals surface area contributed by atoms with Gasteiger partial charge in [-0.05, 0) is 40.0 Å². The van der Waals surface area contributed by atoms with Gasteiger partial charge in [0.15, 0.2) is 0 Å². The van der Waals surface area contributed by atoms with Crippen molar-refractivity contribution in [3.63, 3.8) is 0 Å². The lowest BCUT2D eigenvalue weighted by atomic mass is 9.89. The molecular formula is C32H29N3O2S. The Morgan fingerprint density at radius 2 is 1.26 bits per heavy atom. The van der Waals surface area contributed by atoms with Gasteiger partial charge >= 0.3 is 0 Å². The van der Waals surface area contributed by atoms with Crippen molar-refractivity contribution in [3.05, 3.63) is 144 Å². The first kappa shape index (κ1) is 25.5. The fraction of sp³-hybridized carbons (Fsp3) is 0.0938. The largest absolute Gasteiger partial charge is 0.311 e. The molecule has 5 aromatic rings. The first-order chi connectivity index (χ1) is 18.6. The Morgan fingerprint density at radius 1 is 0.658 bits per heavy atom. The number of nitrogens with one attached hydrogen (secondary N) is 2. The van der Waals surface area contributed by atoms with Crippen molar-refractivity contribution in [2.24, 2.45) is 0 Å². The lowest BCUT2D eigenvalue weighted by Crippen LogP contribution is -2.32. The fourth-order valence-electron chi connectivity index (χ4n) is 4.59. The molecule has 4 aromatic carbocycles. The highest BCUT2D eigenvalue weighted by atomic mass is 32.2. The Hall–Kier alpha value is -4.10. The Bertz CT molecular complexity index is 1590. The van der Waals surface area contributed by atoms with Crippen LogP contribution in [-0.4, -0.2) is 33.0 Å². The first-order valence-electron chi connectivity index (χ1n) is 12.6. The van der Waals surface area contributed by atoms with Crippen LogP contribution in [0.1, 0.15) is 16.7 Å². The number of hydrogen-bond donors (Lipinski definition) is 2. The minimum absolute atomic E-state index is 0.262. The predicted molar refractivity (Wildman–Crippen MR) is 155 cm³/mol. The number of fused-ring (bicyclic) bond motifs is 1. The summed E-state index contributed by atoms with van der Waals surface area (Å²) in [7, 11) is -3.67. The van der Waals surface area contributed by atoms with Gasteiger partial charge in [-0.15, -0.1) is 0 Å². The number of hydrogen-bond acceptors (Lipinski definition) is 4. The SMILES string of the molecule is O=S(=O)(NCCNCC(=C(c1ccccc1)c1ccccc1)c1ccccc1)c1cccc2cnccc12. The van der Waals surface area contributed by atoms with E-state index >= 15 is 0 Å². The van der Waals surface area contributed by atoms with E-state index in [4.69, 9.17) is 0 Å². The molecule has 0 unspecified atom stereocenters. The first-order valence-corrected chi connectivity index (χ1v) is 14.0. The minimum atomic E-state index is -3.67. The molecule has 38 heavy (non-hydrogen) atoms. The maximum atomic E-state index is 13.1. The molecule has 0 amide bonds. The van der Waals surface area contributed by atoms with Crippen LogP contribution >= 0.6 is 0 Å². The maximum Gasteiger partial charge on any atom is 0.241 e. The molecule has 1 heterocycles. The number of aromatic nitrogens is 1. The summed E-state index contributed by atoms with van der Waals surface area (Å²) in [5.74, 6) is 0. The van der Waals surface area contributed by atoms with Crippen LogP contribution in [0.5, 0.6) is 0 Å². The molecule has 0 bridgehead atoms. The van der Waals surface area contributed by atoms with Crippen molar-refractivity contribution in [1.29, 1.82) is 0 Å². The van der Waals surface area contributed by atoms with E-state index in [1.54, 1.807) is 30.6 Å². The number of sulfonamides is 1. The van der Waals surface area contributed by atoms with Crippen LogP contribution in [0.4, 0.5) is 0 Å². The van der Waals surface area contributed by atoms with E-state index in [0.29, 0.717) is 18.5 Å². The van der Waals surface area contributed by atoms with Crippen LogP contribution in [0.2, 0.25) is 0 Å². The van der Waals surface area contributed by atoms with Crippen LogP contribution in [0.15, 0.2) is 133 Å². The Kier molecular flexibility index (Phi) is 8.04. The van der Waals surface area contributed by atoms with Crippen LogP contribution < -0.4 is 10.0 Å². The highest BCUT2D eigenvalue weighted by molar-refractivity contribution is 7.89. The topological polar surface area (TPSA) is 71.1 Å². The Morgan fingerprint density at radius 3 is 1.89 bits per heavy atom. The number of rotatable bonds is 10. The molecule has 1 aromatic heterocycles. The summed E-state index contributed by atoms with van der Waals surface area (Å²) in [6.45, 7) is 1.31. The standard InChI is InChI=1S/C32H29N3O2S/c36-38(37,31-18-10-17-28-23-33-20-19-29(28)31)35-22-21-34-24-30(25-11-4-1-5-12-25)32(26-13-6-2-7-14-26)27-15-8-3-9-16-27/h1-20,23,34-35H,21-22,24H2. The summed E-state index contributed by atoms with van der Waals surface area (Å²) in [5.41, 5.74) is 5.67. The molecule has 0 fully saturated rings. The number of nitrogens with zero attached hydrogens (tertiary/aromatic N) is 1. The Balaban J connectivity index is 1.37. The fourth-order valence-corrected chi connectivity index (χ4v) is 5.85. The molecule has 0 saturated carbocycles. The van der Waals surface area contributed by atoms with Crippen LogP contribution in [0.3, 0.4) is 0 Å². The summed E-state index contributed by atoms with van der Waals surface area (Å²) >= 11 is 0. The average Bonchev–Trinajstić information content (AvgIpc) is 2.97. The van der Waals surface area contributed by atoms with Gasteiger partial charge in [0.2, 0.25) is 10.0 Å². The molecule has 5 nitrogen and oxygen atoms in total. The van der Waals surface area contributed by atoms with Crippen molar-refractivity contribution in [3.8, 4) is 0 Å². The van der Waals surface area contributed by atoms with Gasteiger partial charge in [-0.2, -0.15) is 0 Å².